The summed E-state index contributed by atoms with van der Waals surface area (Å²) < 4.78 is 10.6. The second-order valence-corrected chi connectivity index (χ2v) is 6.19. The number of carbonyl (C=O) groups excluding carboxylic acids is 2. The molecule has 1 N–H and O–H groups in total. The summed E-state index contributed by atoms with van der Waals surface area (Å²) >= 11 is 1.20. The highest BCUT2D eigenvalue weighted by Gasteiger charge is 2.16. The van der Waals surface area contributed by atoms with Crippen molar-refractivity contribution >= 4 is 28.2 Å². The highest BCUT2D eigenvalue weighted by Crippen LogP contribution is 2.27. The molecule has 1 amide bonds. The third kappa shape index (κ3) is 4.58. The van der Waals surface area contributed by atoms with Gasteiger partial charge < -0.3 is 14.8 Å². The first kappa shape index (κ1) is 18.0. The van der Waals surface area contributed by atoms with Gasteiger partial charge >= 0.3 is 5.97 Å². The van der Waals surface area contributed by atoms with Crippen molar-refractivity contribution in [1.82, 2.24) is 0 Å². The van der Waals surface area contributed by atoms with E-state index in [-0.39, 0.29) is 18.5 Å². The van der Waals surface area contributed by atoms with Crippen LogP contribution < -0.4 is 10.1 Å². The first-order chi connectivity index (χ1) is 11.5. The van der Waals surface area contributed by atoms with Crippen molar-refractivity contribution in [2.45, 2.75) is 27.2 Å². The van der Waals surface area contributed by atoms with Crippen LogP contribution >= 0.6 is 11.3 Å². The number of amides is 1. The highest BCUT2D eigenvalue weighted by atomic mass is 32.1. The summed E-state index contributed by atoms with van der Waals surface area (Å²) in [5, 5.41) is 3.36. The molecule has 5 nitrogen and oxygen atoms in total. The Bertz CT molecular complexity index is 724. The maximum absolute atomic E-state index is 12.1. The molecule has 6 heteroatoms. The molecule has 2 rings (SSSR count). The first-order valence-corrected chi connectivity index (χ1v) is 8.64. The van der Waals surface area contributed by atoms with Gasteiger partial charge in [0.1, 0.15) is 10.6 Å². The van der Waals surface area contributed by atoms with Crippen molar-refractivity contribution in [3.63, 3.8) is 0 Å². The Hall–Kier alpha value is -2.34. The Kier molecular flexibility index (Phi) is 6.37. The van der Waals surface area contributed by atoms with Gasteiger partial charge in [-0.3, -0.25) is 4.79 Å². The van der Waals surface area contributed by atoms with Gasteiger partial charge in [0, 0.05) is 0 Å². The van der Waals surface area contributed by atoms with Crippen LogP contribution in [0.1, 0.15) is 34.6 Å². The van der Waals surface area contributed by atoms with Crippen LogP contribution in [0.15, 0.2) is 30.3 Å². The number of hydrogen-bond donors (Lipinski definition) is 1. The van der Waals surface area contributed by atoms with E-state index >= 15 is 0 Å². The van der Waals surface area contributed by atoms with Crippen LogP contribution in [0, 0.1) is 6.92 Å². The lowest BCUT2D eigenvalue weighted by atomic mass is 10.1. The fraction of sp³-hybridized carbons (Fsp3) is 0.333. The van der Waals surface area contributed by atoms with Gasteiger partial charge in [0.15, 0.2) is 6.61 Å². The number of nitrogens with one attached hydrogen (secondary N) is 1. The van der Waals surface area contributed by atoms with Crippen molar-refractivity contribution in [1.29, 1.82) is 0 Å². The third-order valence-corrected chi connectivity index (χ3v) is 4.49. The second-order valence-electron chi connectivity index (χ2n) is 5.14. The van der Waals surface area contributed by atoms with Gasteiger partial charge in [0.05, 0.1) is 11.6 Å². The molecule has 0 saturated carbocycles. The Labute approximate surface area is 145 Å². The fourth-order valence-electron chi connectivity index (χ4n) is 2.20. The summed E-state index contributed by atoms with van der Waals surface area (Å²) in [6.07, 6.45) is 0.838. The van der Waals surface area contributed by atoms with E-state index in [0.717, 1.165) is 17.5 Å². The molecular weight excluding hydrogens is 326 g/mol. The number of ether oxygens (including phenoxy) is 2. The normalized spacial score (nSPS) is 10.3. The quantitative estimate of drug-likeness (QED) is 0.774. The van der Waals surface area contributed by atoms with Crippen LogP contribution in [0.3, 0.4) is 0 Å². The molecule has 0 unspecified atom stereocenters. The topological polar surface area (TPSA) is 64.6 Å². The number of benzene rings is 1. The number of hydrogen-bond acceptors (Lipinski definition) is 5. The molecule has 0 fully saturated rings. The number of thiophene rings is 1. The predicted octanol–water partition coefficient (Wildman–Crippen LogP) is 3.81. The van der Waals surface area contributed by atoms with E-state index < -0.39 is 0 Å². The molecule has 1 aromatic heterocycles. The number of rotatable bonds is 7. The smallest absolute Gasteiger partial charge is 0.348 e. The minimum absolute atomic E-state index is 0.0807. The molecule has 1 aromatic carbocycles. The lowest BCUT2D eigenvalue weighted by Crippen LogP contribution is -2.19. The Morgan fingerprint density at radius 3 is 2.67 bits per heavy atom. The number of esters is 1. The van der Waals surface area contributed by atoms with Crippen LogP contribution in [0.5, 0.6) is 5.75 Å². The van der Waals surface area contributed by atoms with Gasteiger partial charge in [-0.15, -0.1) is 11.3 Å². The zero-order valence-electron chi connectivity index (χ0n) is 14.0. The Balaban J connectivity index is 1.95. The average molecular weight is 347 g/mol. The maximum atomic E-state index is 12.1. The van der Waals surface area contributed by atoms with E-state index in [0.29, 0.717) is 22.2 Å². The van der Waals surface area contributed by atoms with Crippen molar-refractivity contribution in [3.05, 3.63) is 46.3 Å². The lowest BCUT2D eigenvalue weighted by Gasteiger charge is -2.09. The second kappa shape index (κ2) is 8.49. The molecule has 1 heterocycles. The average Bonchev–Trinajstić information content (AvgIpc) is 2.93. The molecule has 0 radical (unpaired) electrons. The minimum Gasteiger partial charge on any atom is -0.483 e. The molecule has 0 atom stereocenters. The van der Waals surface area contributed by atoms with E-state index in [9.17, 15) is 9.59 Å². The molecular formula is C18H21NO4S. The largest absolute Gasteiger partial charge is 0.483 e. The summed E-state index contributed by atoms with van der Waals surface area (Å²) in [6.45, 7) is 5.85. The van der Waals surface area contributed by atoms with Gasteiger partial charge in [-0.1, -0.05) is 25.1 Å². The first-order valence-electron chi connectivity index (χ1n) is 7.83. The Morgan fingerprint density at radius 2 is 1.96 bits per heavy atom. The summed E-state index contributed by atoms with van der Waals surface area (Å²) in [6, 6.07) is 9.40. The van der Waals surface area contributed by atoms with E-state index in [2.05, 4.69) is 5.32 Å². The van der Waals surface area contributed by atoms with E-state index in [1.54, 1.807) is 13.0 Å². The molecule has 0 aliphatic heterocycles. The molecule has 0 saturated heterocycles. The lowest BCUT2D eigenvalue weighted by molar-refractivity contribution is -0.118. The van der Waals surface area contributed by atoms with Crippen molar-refractivity contribution in [2.24, 2.45) is 0 Å². The molecule has 24 heavy (non-hydrogen) atoms. The molecule has 0 bridgehead atoms. The summed E-state index contributed by atoms with van der Waals surface area (Å²) in [5.41, 5.74) is 1.84. The van der Waals surface area contributed by atoms with Gasteiger partial charge in [0.25, 0.3) is 5.91 Å². The number of carbonyl (C=O) groups is 2. The standard InChI is InChI=1S/C18H21NO4S/c1-4-13-8-6-7-9-14(13)23-11-15(20)19-16-10-12(3)17(24-16)18(21)22-5-2/h6-10H,4-5,11H2,1-3H3,(H,19,20). The molecule has 128 valence electrons. The molecule has 0 aliphatic carbocycles. The molecule has 0 aliphatic rings. The van der Waals surface area contributed by atoms with Crippen LogP contribution in [0.4, 0.5) is 5.00 Å². The number of para-hydroxylation sites is 1. The van der Waals surface area contributed by atoms with Gasteiger partial charge in [-0.05, 0) is 43.5 Å². The van der Waals surface area contributed by atoms with Gasteiger partial charge in [0.2, 0.25) is 0 Å². The molecule has 0 spiro atoms. The zero-order valence-corrected chi connectivity index (χ0v) is 14.9. The van der Waals surface area contributed by atoms with Gasteiger partial charge in [-0.25, -0.2) is 4.79 Å². The summed E-state index contributed by atoms with van der Waals surface area (Å²) in [7, 11) is 0. The van der Waals surface area contributed by atoms with E-state index in [1.165, 1.54) is 11.3 Å². The van der Waals surface area contributed by atoms with Crippen LogP contribution in [0.2, 0.25) is 0 Å². The van der Waals surface area contributed by atoms with Crippen LogP contribution in [0.25, 0.3) is 0 Å². The van der Waals surface area contributed by atoms with Crippen molar-refractivity contribution < 1.29 is 19.1 Å². The highest BCUT2D eigenvalue weighted by molar-refractivity contribution is 7.18. The fourth-order valence-corrected chi connectivity index (χ4v) is 3.18. The number of anilines is 1. The van der Waals surface area contributed by atoms with Crippen molar-refractivity contribution in [3.8, 4) is 5.75 Å². The number of aryl methyl sites for hydroxylation is 2. The minimum atomic E-state index is -0.367. The SMILES string of the molecule is CCOC(=O)c1sc(NC(=O)COc2ccccc2CC)cc1C. The Morgan fingerprint density at radius 1 is 1.21 bits per heavy atom. The van der Waals surface area contributed by atoms with E-state index in [4.69, 9.17) is 9.47 Å². The van der Waals surface area contributed by atoms with Crippen LogP contribution in [-0.4, -0.2) is 25.1 Å². The maximum Gasteiger partial charge on any atom is 0.348 e. The monoisotopic (exact) mass is 347 g/mol. The third-order valence-electron chi connectivity index (χ3n) is 3.35. The molecule has 2 aromatic rings. The van der Waals surface area contributed by atoms with Crippen molar-refractivity contribution in [2.75, 3.05) is 18.5 Å². The van der Waals surface area contributed by atoms with Gasteiger partial charge in [-0.2, -0.15) is 0 Å². The van der Waals surface area contributed by atoms with Crippen LogP contribution in [-0.2, 0) is 16.0 Å². The summed E-state index contributed by atoms with van der Waals surface area (Å²) in [4.78, 5) is 24.4. The predicted molar refractivity (Wildman–Crippen MR) is 95.0 cm³/mol. The zero-order chi connectivity index (χ0) is 17.5. The summed E-state index contributed by atoms with van der Waals surface area (Å²) in [5.74, 6) is 0.0795. The van der Waals surface area contributed by atoms with E-state index in [1.807, 2.05) is 38.1 Å².